The minimum absolute atomic E-state index is 0.219. The van der Waals surface area contributed by atoms with Gasteiger partial charge in [-0.15, -0.1) is 0 Å². The van der Waals surface area contributed by atoms with Gasteiger partial charge in [0.1, 0.15) is 5.82 Å². The van der Waals surface area contributed by atoms with Gasteiger partial charge in [0.2, 0.25) is 0 Å². The monoisotopic (exact) mass is 375 g/mol. The minimum atomic E-state index is -0.415. The normalized spacial score (nSPS) is 12.3. The maximum absolute atomic E-state index is 13.3. The van der Waals surface area contributed by atoms with Crippen molar-refractivity contribution < 1.29 is 0 Å². The van der Waals surface area contributed by atoms with E-state index in [9.17, 15) is 4.79 Å². The number of nitrogens with zero attached hydrogens (tertiary/aromatic N) is 2. The maximum Gasteiger partial charge on any atom is 0.267 e. The molecular weight excluding hydrogens is 358 g/mol. The van der Waals surface area contributed by atoms with Crippen LogP contribution in [0.4, 0.5) is 0 Å². The second kappa shape index (κ2) is 6.99. The molecule has 0 saturated carbocycles. The zero-order valence-corrected chi connectivity index (χ0v) is 15.5. The lowest BCUT2D eigenvalue weighted by molar-refractivity contribution is 0.696. The van der Waals surface area contributed by atoms with Gasteiger partial charge in [0.25, 0.3) is 5.56 Å². The summed E-state index contributed by atoms with van der Waals surface area (Å²) < 4.78 is 1.56. The molecule has 134 valence electrons. The van der Waals surface area contributed by atoms with E-state index in [-0.39, 0.29) is 5.56 Å². The predicted molar refractivity (Wildman–Crippen MR) is 110 cm³/mol. The molecule has 0 bridgehead atoms. The lowest BCUT2D eigenvalue weighted by Gasteiger charge is -2.17. The van der Waals surface area contributed by atoms with Crippen LogP contribution >= 0.6 is 11.6 Å². The molecule has 0 spiro atoms. The van der Waals surface area contributed by atoms with Gasteiger partial charge < -0.3 is 5.73 Å². The summed E-state index contributed by atoms with van der Waals surface area (Å²) in [6.07, 6.45) is 0. The summed E-state index contributed by atoms with van der Waals surface area (Å²) in [5, 5.41) is 0.780. The van der Waals surface area contributed by atoms with Crippen molar-refractivity contribution >= 4 is 22.5 Å². The number of aromatic nitrogens is 2. The molecule has 4 rings (SSSR count). The van der Waals surface area contributed by atoms with Crippen molar-refractivity contribution in [2.24, 2.45) is 5.73 Å². The average molecular weight is 376 g/mol. The third kappa shape index (κ3) is 3.14. The van der Waals surface area contributed by atoms with Gasteiger partial charge in [-0.25, -0.2) is 4.98 Å². The molecule has 1 atom stereocenters. The van der Waals surface area contributed by atoms with E-state index in [1.54, 1.807) is 22.8 Å². The molecule has 1 heterocycles. The van der Waals surface area contributed by atoms with Crippen molar-refractivity contribution in [3.8, 4) is 16.8 Å². The Morgan fingerprint density at radius 3 is 2.41 bits per heavy atom. The third-order valence-corrected chi connectivity index (χ3v) is 4.81. The first kappa shape index (κ1) is 17.5. The van der Waals surface area contributed by atoms with Crippen molar-refractivity contribution in [2.45, 2.75) is 13.0 Å². The lowest BCUT2D eigenvalue weighted by Crippen LogP contribution is -2.27. The standard InChI is InChI=1S/C22H18ClN3O/c1-14(24)21-25-19-12-6-11-18(23)20(19)22(27)26(21)17-10-5-9-16(13-17)15-7-3-2-4-8-15/h2-14H,24H2,1H3/t14-/m0/s1. The van der Waals surface area contributed by atoms with Gasteiger partial charge in [0, 0.05) is 0 Å². The first-order valence-corrected chi connectivity index (χ1v) is 9.06. The van der Waals surface area contributed by atoms with Crippen LogP contribution in [0.25, 0.3) is 27.7 Å². The maximum atomic E-state index is 13.3. The zero-order valence-electron chi connectivity index (χ0n) is 14.8. The molecule has 0 unspecified atom stereocenters. The molecule has 27 heavy (non-hydrogen) atoms. The molecule has 1 aromatic heterocycles. The molecule has 2 N–H and O–H groups in total. The summed E-state index contributed by atoms with van der Waals surface area (Å²) in [5.41, 5.74) is 9.27. The molecule has 0 saturated heterocycles. The first-order valence-electron chi connectivity index (χ1n) is 8.69. The van der Waals surface area contributed by atoms with Gasteiger partial charge in [0.05, 0.1) is 27.7 Å². The van der Waals surface area contributed by atoms with Crippen molar-refractivity contribution in [3.63, 3.8) is 0 Å². The second-order valence-corrected chi connectivity index (χ2v) is 6.86. The Kier molecular flexibility index (Phi) is 4.52. The fraction of sp³-hybridized carbons (Fsp3) is 0.0909. The highest BCUT2D eigenvalue weighted by Crippen LogP contribution is 2.25. The van der Waals surface area contributed by atoms with Crippen LogP contribution in [0.2, 0.25) is 5.02 Å². The van der Waals surface area contributed by atoms with Crippen LogP contribution in [0.3, 0.4) is 0 Å². The van der Waals surface area contributed by atoms with Crippen LogP contribution in [-0.4, -0.2) is 9.55 Å². The van der Waals surface area contributed by atoms with Crippen LogP contribution in [-0.2, 0) is 0 Å². The van der Waals surface area contributed by atoms with Crippen molar-refractivity contribution in [1.82, 2.24) is 9.55 Å². The number of hydrogen-bond donors (Lipinski definition) is 1. The molecule has 0 aliphatic rings. The minimum Gasteiger partial charge on any atom is -0.322 e. The molecule has 4 aromatic rings. The predicted octanol–water partition coefficient (Wildman–Crippen LogP) is 4.73. The summed E-state index contributed by atoms with van der Waals surface area (Å²) in [6, 6.07) is 22.6. The number of benzene rings is 3. The summed E-state index contributed by atoms with van der Waals surface area (Å²) in [7, 11) is 0. The highest BCUT2D eigenvalue weighted by molar-refractivity contribution is 6.35. The zero-order chi connectivity index (χ0) is 19.0. The summed E-state index contributed by atoms with van der Waals surface area (Å²) in [5.74, 6) is 0.500. The Balaban J connectivity index is 2.02. The Hall–Kier alpha value is -2.95. The van der Waals surface area contributed by atoms with E-state index in [0.29, 0.717) is 27.4 Å². The van der Waals surface area contributed by atoms with Crippen LogP contribution < -0.4 is 11.3 Å². The van der Waals surface area contributed by atoms with Crippen molar-refractivity contribution in [1.29, 1.82) is 0 Å². The highest BCUT2D eigenvalue weighted by Gasteiger charge is 2.17. The quantitative estimate of drug-likeness (QED) is 0.563. The van der Waals surface area contributed by atoms with Crippen LogP contribution in [0, 0.1) is 0 Å². The fourth-order valence-corrected chi connectivity index (χ4v) is 3.47. The van der Waals surface area contributed by atoms with E-state index >= 15 is 0 Å². The van der Waals surface area contributed by atoms with Crippen molar-refractivity contribution in [3.05, 3.63) is 94.0 Å². The van der Waals surface area contributed by atoms with E-state index in [1.165, 1.54) is 0 Å². The molecule has 3 aromatic carbocycles. The molecule has 0 fully saturated rings. The Morgan fingerprint density at radius 1 is 0.963 bits per heavy atom. The molecular formula is C22H18ClN3O. The fourth-order valence-electron chi connectivity index (χ4n) is 3.22. The molecule has 0 aliphatic heterocycles. The molecule has 0 aliphatic carbocycles. The molecule has 4 nitrogen and oxygen atoms in total. The smallest absolute Gasteiger partial charge is 0.267 e. The number of rotatable bonds is 3. The third-order valence-electron chi connectivity index (χ3n) is 4.49. The van der Waals surface area contributed by atoms with Gasteiger partial charge in [-0.2, -0.15) is 0 Å². The average Bonchev–Trinajstić information content (AvgIpc) is 2.68. The summed E-state index contributed by atoms with van der Waals surface area (Å²) in [6.45, 7) is 1.82. The van der Waals surface area contributed by atoms with Gasteiger partial charge in [-0.1, -0.05) is 60.1 Å². The van der Waals surface area contributed by atoms with E-state index in [0.717, 1.165) is 11.1 Å². The Labute approximate surface area is 161 Å². The SMILES string of the molecule is C[C@H](N)c1nc2cccc(Cl)c2c(=O)n1-c1cccc(-c2ccccc2)c1. The van der Waals surface area contributed by atoms with E-state index in [4.69, 9.17) is 17.3 Å². The van der Waals surface area contributed by atoms with E-state index in [2.05, 4.69) is 4.98 Å². The Morgan fingerprint density at radius 2 is 1.67 bits per heavy atom. The van der Waals surface area contributed by atoms with Gasteiger partial charge in [-0.3, -0.25) is 9.36 Å². The summed E-state index contributed by atoms with van der Waals surface area (Å²) >= 11 is 6.30. The molecule has 0 amide bonds. The van der Waals surface area contributed by atoms with Crippen LogP contribution in [0.5, 0.6) is 0 Å². The van der Waals surface area contributed by atoms with Crippen LogP contribution in [0.1, 0.15) is 18.8 Å². The van der Waals surface area contributed by atoms with Gasteiger partial charge in [0.15, 0.2) is 0 Å². The number of hydrogen-bond acceptors (Lipinski definition) is 3. The van der Waals surface area contributed by atoms with Gasteiger partial charge >= 0.3 is 0 Å². The highest BCUT2D eigenvalue weighted by atomic mass is 35.5. The van der Waals surface area contributed by atoms with Crippen LogP contribution in [0.15, 0.2) is 77.6 Å². The topological polar surface area (TPSA) is 60.9 Å². The van der Waals surface area contributed by atoms with E-state index < -0.39 is 6.04 Å². The largest absolute Gasteiger partial charge is 0.322 e. The first-order chi connectivity index (χ1) is 13.1. The lowest BCUT2D eigenvalue weighted by atomic mass is 10.0. The molecule has 5 heteroatoms. The number of fused-ring (bicyclic) bond motifs is 1. The molecule has 0 radical (unpaired) electrons. The van der Waals surface area contributed by atoms with Gasteiger partial charge in [-0.05, 0) is 42.3 Å². The second-order valence-electron chi connectivity index (χ2n) is 6.45. The van der Waals surface area contributed by atoms with Crippen molar-refractivity contribution in [2.75, 3.05) is 0 Å². The Bertz CT molecular complexity index is 1180. The van der Waals surface area contributed by atoms with E-state index in [1.807, 2.05) is 61.5 Å². The summed E-state index contributed by atoms with van der Waals surface area (Å²) in [4.78, 5) is 17.9. The number of halogens is 1. The number of nitrogens with two attached hydrogens (primary N) is 1.